The molecule has 0 aliphatic heterocycles. The van der Waals surface area contributed by atoms with Gasteiger partial charge >= 0.3 is 21.4 Å². The minimum absolute atomic E-state index is 0.388. The van der Waals surface area contributed by atoms with Gasteiger partial charge in [0.2, 0.25) is 0 Å². The van der Waals surface area contributed by atoms with E-state index in [0.29, 0.717) is 16.4 Å². The second kappa shape index (κ2) is 12.8. The Morgan fingerprint density at radius 1 is 0.571 bits per heavy atom. The van der Waals surface area contributed by atoms with Crippen molar-refractivity contribution in [2.45, 2.75) is 31.6 Å². The quantitative estimate of drug-likeness (QED) is 0.120. The SMILES string of the molecule is CCCSCCCC(c1ccc(B(O)O)cc1)(c1ccc(B(O)O)cc1)c1ccc(B(O)O)cc1. The highest BCUT2D eigenvalue weighted by Crippen LogP contribution is 2.43. The normalized spacial score (nSPS) is 11.4. The second-order valence-corrected chi connectivity index (χ2v) is 9.83. The fraction of sp³-hybridized carbons (Fsp3) is 0.280. The fourth-order valence-electron chi connectivity index (χ4n) is 4.44. The van der Waals surface area contributed by atoms with Gasteiger partial charge in [-0.1, -0.05) is 79.7 Å². The molecule has 0 aliphatic carbocycles. The molecule has 35 heavy (non-hydrogen) atoms. The van der Waals surface area contributed by atoms with Gasteiger partial charge in [0.1, 0.15) is 0 Å². The van der Waals surface area contributed by atoms with Gasteiger partial charge in [-0.15, -0.1) is 0 Å². The van der Waals surface area contributed by atoms with E-state index in [2.05, 4.69) is 6.92 Å². The molecule has 6 N–H and O–H groups in total. The summed E-state index contributed by atoms with van der Waals surface area (Å²) >= 11 is 1.90. The van der Waals surface area contributed by atoms with Crippen LogP contribution in [-0.4, -0.2) is 63.0 Å². The van der Waals surface area contributed by atoms with E-state index < -0.39 is 26.8 Å². The van der Waals surface area contributed by atoms with Crippen LogP contribution in [0.4, 0.5) is 0 Å². The number of hydrogen-bond donors (Lipinski definition) is 6. The predicted molar refractivity (Wildman–Crippen MR) is 146 cm³/mol. The topological polar surface area (TPSA) is 121 Å². The van der Waals surface area contributed by atoms with Crippen LogP contribution in [0.2, 0.25) is 0 Å². The minimum Gasteiger partial charge on any atom is -0.423 e. The molecule has 182 valence electrons. The molecule has 0 bridgehead atoms. The van der Waals surface area contributed by atoms with Crippen LogP contribution in [0.15, 0.2) is 72.8 Å². The number of thioether (sulfide) groups is 1. The summed E-state index contributed by atoms with van der Waals surface area (Å²) in [4.78, 5) is 0. The van der Waals surface area contributed by atoms with Gasteiger partial charge in [-0.05, 0) is 63.8 Å². The molecular weight excluding hydrogens is 461 g/mol. The molecule has 0 spiro atoms. The maximum Gasteiger partial charge on any atom is 0.488 e. The van der Waals surface area contributed by atoms with Crippen LogP contribution in [0.1, 0.15) is 42.9 Å². The van der Waals surface area contributed by atoms with Crippen LogP contribution in [0.3, 0.4) is 0 Å². The van der Waals surface area contributed by atoms with Crippen molar-refractivity contribution in [3.05, 3.63) is 89.5 Å². The van der Waals surface area contributed by atoms with Crippen LogP contribution >= 0.6 is 11.8 Å². The highest BCUT2D eigenvalue weighted by molar-refractivity contribution is 7.99. The lowest BCUT2D eigenvalue weighted by atomic mass is 9.64. The zero-order chi connectivity index (χ0) is 25.4. The maximum absolute atomic E-state index is 9.60. The standard InChI is InChI=1S/C25H31B3O6S/c1-2-17-35-18-3-16-25(19-4-10-22(11-5-19)26(29)30,20-6-12-23(13-7-20)27(31)32)21-8-14-24(15-9-21)28(33)34/h4-15,29-34H,2-3,16-18H2,1H3. The van der Waals surface area contributed by atoms with Crippen molar-refractivity contribution >= 4 is 49.5 Å². The van der Waals surface area contributed by atoms with Crippen molar-refractivity contribution in [2.24, 2.45) is 0 Å². The Bertz CT molecular complexity index is 919. The first-order valence-electron chi connectivity index (χ1n) is 11.8. The molecule has 0 aromatic heterocycles. The van der Waals surface area contributed by atoms with Crippen molar-refractivity contribution < 1.29 is 30.1 Å². The van der Waals surface area contributed by atoms with Crippen molar-refractivity contribution in [1.29, 1.82) is 0 Å². The molecule has 10 heteroatoms. The molecule has 0 atom stereocenters. The maximum atomic E-state index is 9.60. The average Bonchev–Trinajstić information content (AvgIpc) is 2.87. The second-order valence-electron chi connectivity index (χ2n) is 8.61. The molecular formula is C25H31B3O6S. The summed E-state index contributed by atoms with van der Waals surface area (Å²) in [7, 11) is -4.71. The molecule has 6 nitrogen and oxygen atoms in total. The van der Waals surface area contributed by atoms with Crippen molar-refractivity contribution in [3.8, 4) is 0 Å². The highest BCUT2D eigenvalue weighted by Gasteiger charge is 2.36. The molecule has 0 fully saturated rings. The summed E-state index contributed by atoms with van der Waals surface area (Å²) in [5.74, 6) is 2.06. The third-order valence-corrected chi connectivity index (χ3v) is 7.57. The smallest absolute Gasteiger partial charge is 0.423 e. The van der Waals surface area contributed by atoms with E-state index in [0.717, 1.165) is 47.5 Å². The van der Waals surface area contributed by atoms with Crippen molar-refractivity contribution in [2.75, 3.05) is 11.5 Å². The Hall–Kier alpha value is -2.04. The van der Waals surface area contributed by atoms with Crippen LogP contribution in [0.25, 0.3) is 0 Å². The molecule has 0 radical (unpaired) electrons. The van der Waals surface area contributed by atoms with Gasteiger partial charge in [0.05, 0.1) is 0 Å². The lowest BCUT2D eigenvalue weighted by Gasteiger charge is -2.37. The largest absolute Gasteiger partial charge is 0.488 e. The van der Waals surface area contributed by atoms with Gasteiger partial charge in [-0.2, -0.15) is 11.8 Å². The van der Waals surface area contributed by atoms with E-state index in [1.165, 1.54) is 0 Å². The Morgan fingerprint density at radius 3 is 1.20 bits per heavy atom. The molecule has 3 aromatic carbocycles. The third-order valence-electron chi connectivity index (χ3n) is 6.29. The van der Waals surface area contributed by atoms with Crippen LogP contribution in [0.5, 0.6) is 0 Å². The summed E-state index contributed by atoms with van der Waals surface area (Å²) in [5, 5.41) is 57.6. The summed E-state index contributed by atoms with van der Waals surface area (Å²) in [6, 6.07) is 21.5. The van der Waals surface area contributed by atoms with Crippen molar-refractivity contribution in [3.63, 3.8) is 0 Å². The summed E-state index contributed by atoms with van der Waals surface area (Å²) in [6.07, 6.45) is 2.76. The predicted octanol–water partition coefficient (Wildman–Crippen LogP) is -0.0162. The van der Waals surface area contributed by atoms with E-state index in [1.807, 2.05) is 48.2 Å². The summed E-state index contributed by atoms with van der Waals surface area (Å²) in [6.45, 7) is 2.16. The first kappa shape index (κ1) is 27.6. The minimum atomic E-state index is -1.57. The van der Waals surface area contributed by atoms with Gasteiger partial charge < -0.3 is 30.1 Å². The Balaban J connectivity index is 2.17. The molecule has 0 saturated heterocycles. The van der Waals surface area contributed by atoms with Crippen molar-refractivity contribution in [1.82, 2.24) is 0 Å². The Morgan fingerprint density at radius 2 is 0.914 bits per heavy atom. The van der Waals surface area contributed by atoms with Gasteiger partial charge in [0, 0.05) is 5.41 Å². The molecule has 0 saturated carbocycles. The van der Waals surface area contributed by atoms with E-state index in [4.69, 9.17) is 0 Å². The first-order chi connectivity index (χ1) is 16.8. The van der Waals surface area contributed by atoms with Gasteiger partial charge in [0.15, 0.2) is 0 Å². The lowest BCUT2D eigenvalue weighted by Crippen LogP contribution is -2.35. The van der Waals surface area contributed by atoms with E-state index in [9.17, 15) is 30.1 Å². The van der Waals surface area contributed by atoms with E-state index in [1.54, 1.807) is 36.4 Å². The number of hydrogen-bond acceptors (Lipinski definition) is 7. The van der Waals surface area contributed by atoms with Crippen LogP contribution < -0.4 is 16.4 Å². The zero-order valence-electron chi connectivity index (χ0n) is 19.8. The third kappa shape index (κ3) is 6.60. The molecule has 0 aliphatic rings. The van der Waals surface area contributed by atoms with Gasteiger partial charge in [-0.25, -0.2) is 0 Å². The monoisotopic (exact) mass is 492 g/mol. The van der Waals surface area contributed by atoms with Gasteiger partial charge in [-0.3, -0.25) is 0 Å². The highest BCUT2D eigenvalue weighted by atomic mass is 32.2. The first-order valence-corrected chi connectivity index (χ1v) is 12.9. The molecule has 3 aromatic rings. The fourth-order valence-corrected chi connectivity index (χ4v) is 5.28. The lowest BCUT2D eigenvalue weighted by molar-refractivity contribution is 0.424. The Labute approximate surface area is 212 Å². The van der Waals surface area contributed by atoms with E-state index in [-0.39, 0.29) is 0 Å². The van der Waals surface area contributed by atoms with Crippen LogP contribution in [-0.2, 0) is 5.41 Å². The molecule has 0 heterocycles. The zero-order valence-corrected chi connectivity index (χ0v) is 20.6. The number of rotatable bonds is 12. The Kier molecular flexibility index (Phi) is 10.1. The molecule has 0 unspecified atom stereocenters. The summed E-state index contributed by atoms with van der Waals surface area (Å²) < 4.78 is 0. The molecule has 3 rings (SSSR count). The van der Waals surface area contributed by atoms with Crippen LogP contribution in [0, 0.1) is 0 Å². The molecule has 0 amide bonds. The van der Waals surface area contributed by atoms with E-state index >= 15 is 0 Å². The number of benzene rings is 3. The summed E-state index contributed by atoms with van der Waals surface area (Å²) in [5.41, 5.74) is 3.35. The average molecular weight is 492 g/mol. The van der Waals surface area contributed by atoms with Gasteiger partial charge in [0.25, 0.3) is 0 Å².